The van der Waals surface area contributed by atoms with Gasteiger partial charge in [0.05, 0.1) is 42.3 Å². The largest absolute Gasteiger partial charge is 0.497 e. The first kappa shape index (κ1) is 29.7. The van der Waals surface area contributed by atoms with Crippen LogP contribution < -0.4 is 14.4 Å². The van der Waals surface area contributed by atoms with Crippen LogP contribution in [0.5, 0.6) is 11.5 Å². The fraction of sp³-hybridized carbons (Fsp3) is 0.179. The molecule has 0 atom stereocenters. The number of aromatic nitrogens is 3. The minimum absolute atomic E-state index is 0.0289. The van der Waals surface area contributed by atoms with E-state index in [1.54, 1.807) is 24.3 Å². The number of H-pyrrole nitrogens is 1. The van der Waals surface area contributed by atoms with Gasteiger partial charge in [-0.15, -0.1) is 0 Å². The molecule has 0 aliphatic carbocycles. The van der Waals surface area contributed by atoms with Gasteiger partial charge in [0.15, 0.2) is 5.03 Å². The molecular formula is C28H25FN4O8S2. The molecule has 5 rings (SSSR count). The number of carboxylic acid groups (broad SMARTS) is 1. The molecule has 3 aromatic carbocycles. The summed E-state index contributed by atoms with van der Waals surface area (Å²) in [5.74, 6) is -0.975. The Balaban J connectivity index is 1.74. The Morgan fingerprint density at radius 2 is 1.42 bits per heavy atom. The van der Waals surface area contributed by atoms with E-state index in [1.165, 1.54) is 45.5 Å². The van der Waals surface area contributed by atoms with E-state index >= 15 is 0 Å². The number of fused-ring (bicyclic) bond motifs is 3. The predicted molar refractivity (Wildman–Crippen MR) is 156 cm³/mol. The fourth-order valence-corrected chi connectivity index (χ4v) is 7.33. The van der Waals surface area contributed by atoms with Crippen LogP contribution in [0.2, 0.25) is 0 Å². The van der Waals surface area contributed by atoms with Crippen LogP contribution in [0.4, 0.5) is 14.9 Å². The molecule has 43 heavy (non-hydrogen) atoms. The second-order valence-electron chi connectivity index (χ2n) is 9.56. The van der Waals surface area contributed by atoms with Crippen LogP contribution in [0.15, 0.2) is 70.8 Å². The molecular weight excluding hydrogens is 603 g/mol. The van der Waals surface area contributed by atoms with Gasteiger partial charge in [0.1, 0.15) is 23.0 Å². The van der Waals surface area contributed by atoms with Gasteiger partial charge >= 0.3 is 6.09 Å². The van der Waals surface area contributed by atoms with Crippen molar-refractivity contribution in [2.24, 2.45) is 0 Å². The molecule has 0 aliphatic heterocycles. The highest BCUT2D eigenvalue weighted by molar-refractivity contribution is 7.91. The maximum atomic E-state index is 14.8. The Bertz CT molecular complexity index is 2080. The molecule has 2 heterocycles. The van der Waals surface area contributed by atoms with Crippen LogP contribution >= 0.6 is 0 Å². The zero-order valence-corrected chi connectivity index (χ0v) is 24.7. The van der Waals surface area contributed by atoms with Crippen molar-refractivity contribution in [3.63, 3.8) is 0 Å². The first-order chi connectivity index (χ1) is 20.3. The normalized spacial score (nSPS) is 12.0. The van der Waals surface area contributed by atoms with Crippen LogP contribution in [0.1, 0.15) is 11.1 Å². The van der Waals surface area contributed by atoms with E-state index in [0.717, 1.165) is 17.0 Å². The highest BCUT2D eigenvalue weighted by Crippen LogP contribution is 2.37. The lowest BCUT2D eigenvalue weighted by atomic mass is 10.1. The predicted octanol–water partition coefficient (Wildman–Crippen LogP) is 4.33. The summed E-state index contributed by atoms with van der Waals surface area (Å²) in [5.41, 5.74) is 0.392. The van der Waals surface area contributed by atoms with Crippen LogP contribution in [0.25, 0.3) is 21.9 Å². The molecule has 1 amide bonds. The molecule has 0 bridgehead atoms. The highest BCUT2D eigenvalue weighted by Gasteiger charge is 2.30. The van der Waals surface area contributed by atoms with E-state index < -0.39 is 53.3 Å². The first-order valence-electron chi connectivity index (χ1n) is 12.5. The summed E-state index contributed by atoms with van der Waals surface area (Å²) < 4.78 is 79.8. The Morgan fingerprint density at radius 3 is 1.93 bits per heavy atom. The number of aromatic amines is 1. The lowest BCUT2D eigenvalue weighted by Gasteiger charge is -2.14. The van der Waals surface area contributed by atoms with Gasteiger partial charge in [0, 0.05) is 12.4 Å². The third-order valence-electron chi connectivity index (χ3n) is 6.70. The number of nitrogens with zero attached hydrogens (tertiary/aromatic N) is 3. The number of nitrogens with one attached hydrogen (secondary N) is 1. The number of hydrogen-bond donors (Lipinski definition) is 2. The van der Waals surface area contributed by atoms with E-state index in [9.17, 15) is 31.1 Å². The zero-order valence-electron chi connectivity index (χ0n) is 23.0. The molecule has 0 spiro atoms. The van der Waals surface area contributed by atoms with Gasteiger partial charge in [0.2, 0.25) is 19.7 Å². The van der Waals surface area contributed by atoms with E-state index in [2.05, 4.69) is 15.0 Å². The molecule has 0 radical (unpaired) electrons. The number of benzene rings is 3. The molecule has 224 valence electrons. The number of sulfone groups is 2. The second-order valence-corrected chi connectivity index (χ2v) is 13.4. The maximum absolute atomic E-state index is 14.8. The summed E-state index contributed by atoms with van der Waals surface area (Å²) in [6.45, 7) is 0. The summed E-state index contributed by atoms with van der Waals surface area (Å²) in [4.78, 5) is 23.5. The number of hydrogen-bond acceptors (Lipinski definition) is 9. The van der Waals surface area contributed by atoms with Crippen LogP contribution in [-0.2, 0) is 31.2 Å². The lowest BCUT2D eigenvalue weighted by molar-refractivity contribution is 0.203. The van der Waals surface area contributed by atoms with Crippen molar-refractivity contribution >= 4 is 53.4 Å². The number of rotatable bonds is 9. The van der Waals surface area contributed by atoms with Gasteiger partial charge in [-0.1, -0.05) is 24.3 Å². The van der Waals surface area contributed by atoms with Crippen molar-refractivity contribution in [2.75, 3.05) is 26.2 Å². The number of ether oxygens (including phenoxy) is 2. The number of carbonyl (C=O) groups is 1. The molecule has 15 heteroatoms. The fourth-order valence-electron chi connectivity index (χ4n) is 4.54. The number of anilines is 1. The van der Waals surface area contributed by atoms with Gasteiger partial charge in [-0.25, -0.2) is 36.0 Å². The van der Waals surface area contributed by atoms with Crippen molar-refractivity contribution in [1.29, 1.82) is 0 Å². The molecule has 5 aromatic rings. The van der Waals surface area contributed by atoms with E-state index in [0.29, 0.717) is 22.6 Å². The van der Waals surface area contributed by atoms with Crippen molar-refractivity contribution in [3.8, 4) is 11.5 Å². The van der Waals surface area contributed by atoms with Crippen molar-refractivity contribution in [1.82, 2.24) is 15.0 Å². The third-order valence-corrected chi connectivity index (χ3v) is 9.75. The quantitative estimate of drug-likeness (QED) is 0.177. The Hall–Kier alpha value is -4.76. The minimum Gasteiger partial charge on any atom is -0.497 e. The van der Waals surface area contributed by atoms with Gasteiger partial charge in [-0.2, -0.15) is 0 Å². The average Bonchev–Trinajstić information content (AvgIpc) is 3.34. The zero-order chi connectivity index (χ0) is 31.1. The van der Waals surface area contributed by atoms with E-state index in [1.807, 2.05) is 0 Å². The molecule has 0 saturated heterocycles. The van der Waals surface area contributed by atoms with Crippen LogP contribution in [-0.4, -0.2) is 64.3 Å². The molecule has 0 aliphatic rings. The molecule has 0 fully saturated rings. The summed E-state index contributed by atoms with van der Waals surface area (Å²) in [7, 11) is -4.60. The Morgan fingerprint density at radius 1 is 0.884 bits per heavy atom. The Kier molecular flexibility index (Phi) is 7.70. The van der Waals surface area contributed by atoms with Crippen LogP contribution in [0.3, 0.4) is 0 Å². The van der Waals surface area contributed by atoms with Crippen molar-refractivity contribution in [2.45, 2.75) is 21.7 Å². The smallest absolute Gasteiger partial charge is 0.411 e. The van der Waals surface area contributed by atoms with Crippen molar-refractivity contribution < 1.29 is 40.6 Å². The second kappa shape index (κ2) is 11.1. The monoisotopic (exact) mass is 628 g/mol. The van der Waals surface area contributed by atoms with E-state index in [-0.39, 0.29) is 27.6 Å². The van der Waals surface area contributed by atoms with Crippen LogP contribution in [0, 0.1) is 5.82 Å². The summed E-state index contributed by atoms with van der Waals surface area (Å²) in [6.07, 6.45) is -1.41. The Labute approximate surface area is 245 Å². The van der Waals surface area contributed by atoms with Gasteiger partial charge in [0.25, 0.3) is 5.16 Å². The summed E-state index contributed by atoms with van der Waals surface area (Å²) in [6, 6.07) is 14.4. The summed E-state index contributed by atoms with van der Waals surface area (Å²) >= 11 is 0. The molecule has 0 unspecified atom stereocenters. The number of halogens is 1. The third kappa shape index (κ3) is 5.81. The standard InChI is InChI=1S/C28H25FN4O8S2/c1-33(28(34)35)22-13-18(29)12-21-23-25(30-24(21)22)31-27(43(38,39)15-17-6-10-20(41-3)11-7-17)32-26(23)42(36,37)14-16-4-8-19(40-2)9-5-16/h4-13H,14-15H2,1-3H3,(H,34,35)(H,30,31,32). The molecule has 12 nitrogen and oxygen atoms in total. The van der Waals surface area contributed by atoms with Gasteiger partial charge in [-0.05, 0) is 47.5 Å². The first-order valence-corrected chi connectivity index (χ1v) is 15.8. The van der Waals surface area contributed by atoms with Gasteiger partial charge in [-0.3, -0.25) is 4.90 Å². The topological polar surface area (TPSA) is 169 Å². The number of methoxy groups -OCH3 is 2. The van der Waals surface area contributed by atoms with Gasteiger partial charge < -0.3 is 19.6 Å². The lowest BCUT2D eigenvalue weighted by Crippen LogP contribution is -2.24. The van der Waals surface area contributed by atoms with Crippen molar-refractivity contribution in [3.05, 3.63) is 77.6 Å². The molecule has 2 aromatic heterocycles. The molecule has 2 N–H and O–H groups in total. The number of amides is 1. The maximum Gasteiger partial charge on any atom is 0.411 e. The minimum atomic E-state index is -4.39. The summed E-state index contributed by atoms with van der Waals surface area (Å²) in [5, 5.41) is 7.90. The van der Waals surface area contributed by atoms with E-state index in [4.69, 9.17) is 9.47 Å². The molecule has 0 saturated carbocycles. The average molecular weight is 629 g/mol. The highest BCUT2D eigenvalue weighted by atomic mass is 32.2. The SMILES string of the molecule is COc1ccc(CS(=O)(=O)c2nc(S(=O)(=O)Cc3ccc(OC)cc3)c3c(n2)[nH]c2c(N(C)C(=O)O)cc(F)cc23)cc1.